The summed E-state index contributed by atoms with van der Waals surface area (Å²) in [6.07, 6.45) is 3.82. The van der Waals surface area contributed by atoms with Gasteiger partial charge in [0.05, 0.1) is 6.21 Å². The molecule has 2 N–H and O–H groups in total. The molecule has 2 rings (SSSR count). The van der Waals surface area contributed by atoms with E-state index in [4.69, 9.17) is 18.6 Å². The van der Waals surface area contributed by atoms with Crippen LogP contribution in [0, 0.1) is 10.2 Å². The molecule has 16 heavy (non-hydrogen) atoms. The van der Waals surface area contributed by atoms with Crippen LogP contribution in [-0.4, -0.2) is 6.21 Å². The summed E-state index contributed by atoms with van der Waals surface area (Å²) in [5, 5.41) is 4.00. The van der Waals surface area contributed by atoms with Gasteiger partial charge in [-0.2, -0.15) is 5.43 Å². The van der Waals surface area contributed by atoms with Gasteiger partial charge in [-0.1, -0.05) is 23.3 Å². The molecule has 0 unspecified atom stereocenters. The third kappa shape index (κ3) is 5.56. The molecule has 0 saturated carbocycles. The number of rotatable bonds is 1. The van der Waals surface area contributed by atoms with Crippen LogP contribution in [0.25, 0.3) is 5.70 Å². The second-order valence-corrected chi connectivity index (χ2v) is 3.55. The first-order valence-electron chi connectivity index (χ1n) is 4.20. The second-order valence-electron chi connectivity index (χ2n) is 2.79. The first-order valence-corrected chi connectivity index (χ1v) is 5.44. The minimum Gasteiger partial charge on any atom is -0.222 e. The maximum atomic E-state index is 8.49. The summed E-state index contributed by atoms with van der Waals surface area (Å²) in [7, 11) is -4.94. The number of hydrogen-bond acceptors (Lipinski definition) is 5. The van der Waals surface area contributed by atoms with Crippen molar-refractivity contribution in [2.45, 2.75) is 0 Å². The maximum Gasteiger partial charge on any atom is 0.164 e. The molecule has 1 heterocycles. The summed E-state index contributed by atoms with van der Waals surface area (Å²) < 4.78 is 34.0. The van der Waals surface area contributed by atoms with Crippen LogP contribution in [0.2, 0.25) is 0 Å². The van der Waals surface area contributed by atoms with Gasteiger partial charge in [-0.15, -0.1) is 10.2 Å². The fraction of sp³-hybridized carbons (Fsp3) is 0. The first kappa shape index (κ1) is 12.8. The van der Waals surface area contributed by atoms with Crippen LogP contribution in [0.5, 0.6) is 0 Å². The van der Waals surface area contributed by atoms with Gasteiger partial charge >= 0.3 is 0 Å². The van der Waals surface area contributed by atoms with Gasteiger partial charge in [0, 0.05) is 11.6 Å². The number of benzene rings is 1. The molecular weight excluding hydrogens is 236 g/mol. The number of quaternary nitrogens is 1. The maximum absolute atomic E-state index is 8.49. The summed E-state index contributed by atoms with van der Waals surface area (Å²) in [5.74, 6) is 0. The summed E-state index contributed by atoms with van der Waals surface area (Å²) in [6.45, 7) is 0. The average Bonchev–Trinajstić information content (AvgIpc) is 2.69. The van der Waals surface area contributed by atoms with Crippen LogP contribution in [0.3, 0.4) is 0 Å². The van der Waals surface area contributed by atoms with Gasteiger partial charge in [-0.25, -0.2) is 18.6 Å². The second kappa shape index (κ2) is 5.71. The van der Waals surface area contributed by atoms with Crippen LogP contribution in [0.4, 0.5) is 0 Å². The van der Waals surface area contributed by atoms with Crippen molar-refractivity contribution < 1.29 is 34.3 Å². The van der Waals surface area contributed by atoms with Gasteiger partial charge in [-0.3, -0.25) is 0 Å². The van der Waals surface area contributed by atoms with E-state index in [1.165, 1.54) is 11.3 Å². The van der Waals surface area contributed by atoms with Gasteiger partial charge < -0.3 is 0 Å². The molecule has 0 radical (unpaired) electrons. The van der Waals surface area contributed by atoms with Crippen LogP contribution < -0.4 is 24.1 Å². The van der Waals surface area contributed by atoms with E-state index >= 15 is 0 Å². The van der Waals surface area contributed by atoms with Crippen LogP contribution in [0.1, 0.15) is 5.56 Å². The molecule has 0 aliphatic carbocycles. The smallest absolute Gasteiger partial charge is 0.164 e. The zero-order valence-corrected chi connectivity index (χ0v) is 8.83. The fourth-order valence-corrected chi connectivity index (χ4v) is 1.09. The Labute approximate surface area is 93.9 Å². The topological polar surface area (TPSA) is 121 Å². The first-order chi connectivity index (χ1) is 7.47. The third-order valence-electron chi connectivity index (χ3n) is 1.66. The van der Waals surface area contributed by atoms with E-state index in [1.807, 2.05) is 35.9 Å². The molecule has 0 bridgehead atoms. The lowest BCUT2D eigenvalue weighted by atomic mass is 10.2. The number of nitrogens with two attached hydrogens (primary N) is 1. The lowest BCUT2D eigenvalue weighted by Crippen LogP contribution is -2.72. The number of halogens is 1. The highest BCUT2D eigenvalue weighted by molar-refractivity contribution is 5.82. The Morgan fingerprint density at radius 1 is 1.00 bits per heavy atom. The monoisotopic (exact) mass is 244 g/mol. The Kier molecular flexibility index (Phi) is 4.56. The van der Waals surface area contributed by atoms with Crippen molar-refractivity contribution in [2.24, 2.45) is 5.10 Å². The molecule has 0 fully saturated rings. The normalized spacial score (nSPS) is 14.1. The van der Waals surface area contributed by atoms with Gasteiger partial charge in [0.25, 0.3) is 0 Å². The van der Waals surface area contributed by atoms with Crippen molar-refractivity contribution in [1.29, 1.82) is 0 Å². The van der Waals surface area contributed by atoms with E-state index < -0.39 is 10.2 Å². The number of hydrogen-bond donors (Lipinski definition) is 1. The van der Waals surface area contributed by atoms with Crippen molar-refractivity contribution in [3.05, 3.63) is 42.0 Å². The lowest BCUT2D eigenvalue weighted by molar-refractivity contribution is -2.00. The van der Waals surface area contributed by atoms with Gasteiger partial charge in [0.1, 0.15) is 0 Å². The SMILES string of the molecule is C1=N[NH2+]C(c2ccccc2)=C1.[O-][Cl+3]([O-])([O-])[O-]. The van der Waals surface area contributed by atoms with E-state index in [2.05, 4.69) is 17.2 Å². The number of allylic oxidation sites excluding steroid dienone is 1. The Hall–Kier alpha value is -1.28. The molecule has 1 aliphatic heterocycles. The molecule has 86 valence electrons. The van der Waals surface area contributed by atoms with Gasteiger partial charge in [0.2, 0.25) is 0 Å². The van der Waals surface area contributed by atoms with Crippen LogP contribution >= 0.6 is 0 Å². The summed E-state index contributed by atoms with van der Waals surface area (Å²) in [5.41, 5.74) is 4.28. The molecule has 1 aliphatic rings. The predicted octanol–water partition coefficient (Wildman–Crippen LogP) is -4.17. The Balaban J connectivity index is 0.000000221. The molecule has 0 saturated heterocycles. The molecule has 0 aromatic heterocycles. The van der Waals surface area contributed by atoms with E-state index in [1.54, 1.807) is 0 Å². The highest BCUT2D eigenvalue weighted by atomic mass is 35.7. The summed E-state index contributed by atoms with van der Waals surface area (Å²) >= 11 is 0. The van der Waals surface area contributed by atoms with E-state index in [-0.39, 0.29) is 0 Å². The minimum absolute atomic E-state index is 1.19. The predicted molar refractivity (Wildman–Crippen MR) is 44.8 cm³/mol. The molecule has 6 nitrogen and oxygen atoms in total. The number of nitrogens with zero attached hydrogens (tertiary/aromatic N) is 1. The summed E-state index contributed by atoms with van der Waals surface area (Å²) in [4.78, 5) is 0. The Morgan fingerprint density at radius 2 is 1.56 bits per heavy atom. The molecule has 1 aromatic rings. The molecular formula is C9H9ClN2O4. The lowest BCUT2D eigenvalue weighted by Gasteiger charge is -2.17. The Bertz CT molecular complexity index is 380. The van der Waals surface area contributed by atoms with Crippen molar-refractivity contribution in [3.8, 4) is 0 Å². The van der Waals surface area contributed by atoms with Crippen LogP contribution in [-0.2, 0) is 0 Å². The van der Waals surface area contributed by atoms with E-state index in [0.29, 0.717) is 0 Å². The van der Waals surface area contributed by atoms with Crippen LogP contribution in [0.15, 0.2) is 41.5 Å². The van der Waals surface area contributed by atoms with Crippen molar-refractivity contribution in [3.63, 3.8) is 0 Å². The average molecular weight is 245 g/mol. The minimum atomic E-state index is -4.94. The molecule has 7 heteroatoms. The van der Waals surface area contributed by atoms with E-state index in [9.17, 15) is 0 Å². The molecule has 0 atom stereocenters. The zero-order chi connectivity index (χ0) is 12.0. The molecule has 1 aromatic carbocycles. The Morgan fingerprint density at radius 3 is 2.00 bits per heavy atom. The fourth-order valence-electron chi connectivity index (χ4n) is 1.09. The van der Waals surface area contributed by atoms with Crippen molar-refractivity contribution >= 4 is 11.9 Å². The highest BCUT2D eigenvalue weighted by Gasteiger charge is 2.06. The quantitative estimate of drug-likeness (QED) is 0.504. The van der Waals surface area contributed by atoms with Gasteiger partial charge in [0.15, 0.2) is 5.70 Å². The molecule has 0 amide bonds. The standard InChI is InChI=1S/C9H8N2.ClHO4/c1-2-4-8(5-3-1)9-6-7-10-11-9;2-1(3,4)5/h1-7H,(H,10,11);(H,2,3,4,5). The van der Waals surface area contributed by atoms with Crippen molar-refractivity contribution in [2.75, 3.05) is 0 Å². The summed E-state index contributed by atoms with van der Waals surface area (Å²) in [6, 6.07) is 10.2. The zero-order valence-electron chi connectivity index (χ0n) is 8.08. The third-order valence-corrected chi connectivity index (χ3v) is 1.66. The van der Waals surface area contributed by atoms with Crippen molar-refractivity contribution in [1.82, 2.24) is 0 Å². The van der Waals surface area contributed by atoms with Gasteiger partial charge in [-0.05, 0) is 12.1 Å². The highest BCUT2D eigenvalue weighted by Crippen LogP contribution is 2.06. The largest absolute Gasteiger partial charge is 0.222 e. The van der Waals surface area contributed by atoms with E-state index in [0.717, 1.165) is 0 Å². The molecule has 0 spiro atoms.